The van der Waals surface area contributed by atoms with Crippen LogP contribution in [0.3, 0.4) is 0 Å². The minimum absolute atomic E-state index is 0.268. The van der Waals surface area contributed by atoms with E-state index in [1.165, 1.54) is 0 Å². The second-order valence-corrected chi connectivity index (χ2v) is 7.72. The lowest BCUT2D eigenvalue weighted by Crippen LogP contribution is -2.44. The van der Waals surface area contributed by atoms with Gasteiger partial charge in [-0.2, -0.15) is 15.3 Å². The van der Waals surface area contributed by atoms with Crippen LogP contribution in [0.2, 0.25) is 0 Å². The molecular weight excluding hydrogens is 380 g/mol. The molecule has 1 atom stereocenters. The molecule has 0 saturated carbocycles. The van der Waals surface area contributed by atoms with Gasteiger partial charge in [0.25, 0.3) is 0 Å². The lowest BCUT2D eigenvalue weighted by atomic mass is 10.1. The largest absolute Gasteiger partial charge is 0.377 e. The third-order valence-corrected chi connectivity index (χ3v) is 5.63. The van der Waals surface area contributed by atoms with E-state index in [1.54, 1.807) is 12.4 Å². The maximum Gasteiger partial charge on any atom is 0.136 e. The van der Waals surface area contributed by atoms with E-state index in [-0.39, 0.29) is 6.04 Å². The molecule has 5 heterocycles. The number of hydrogen-bond donors (Lipinski definition) is 1. The molecule has 0 spiro atoms. The standard InChI is InChI=1S/C21H26N8O/c1-4-9-29-21-18(28-10-11-30-13-14(28)2)12-16(17-6-8-23-27(17)3)24-20(21)19(26-29)15-5-7-22-25-15/h5-8,12,14H,4,9-11,13H2,1-3H3,(H,22,25). The summed E-state index contributed by atoms with van der Waals surface area (Å²) in [6, 6.07) is 6.37. The van der Waals surface area contributed by atoms with Crippen molar-refractivity contribution in [2.24, 2.45) is 7.05 Å². The summed E-state index contributed by atoms with van der Waals surface area (Å²) in [7, 11) is 1.94. The lowest BCUT2D eigenvalue weighted by molar-refractivity contribution is 0.0990. The normalized spacial score (nSPS) is 17.2. The summed E-state index contributed by atoms with van der Waals surface area (Å²) < 4.78 is 9.64. The highest BCUT2D eigenvalue weighted by atomic mass is 16.5. The Morgan fingerprint density at radius 1 is 1.27 bits per heavy atom. The van der Waals surface area contributed by atoms with Crippen molar-refractivity contribution in [3.05, 3.63) is 30.6 Å². The third-order valence-electron chi connectivity index (χ3n) is 5.63. The molecule has 4 aromatic heterocycles. The molecule has 1 saturated heterocycles. The topological polar surface area (TPSA) is 89.7 Å². The minimum atomic E-state index is 0.268. The number of pyridine rings is 1. The molecule has 30 heavy (non-hydrogen) atoms. The van der Waals surface area contributed by atoms with E-state index in [1.807, 2.05) is 23.9 Å². The van der Waals surface area contributed by atoms with Crippen molar-refractivity contribution in [3.8, 4) is 22.8 Å². The number of aryl methyl sites for hydroxylation is 2. The van der Waals surface area contributed by atoms with Crippen molar-refractivity contribution >= 4 is 16.7 Å². The Balaban J connectivity index is 1.82. The van der Waals surface area contributed by atoms with Crippen LogP contribution < -0.4 is 4.90 Å². The second kappa shape index (κ2) is 7.56. The van der Waals surface area contributed by atoms with Gasteiger partial charge in [-0.25, -0.2) is 4.98 Å². The first-order valence-corrected chi connectivity index (χ1v) is 10.4. The predicted molar refractivity (Wildman–Crippen MR) is 115 cm³/mol. The summed E-state index contributed by atoms with van der Waals surface area (Å²) in [5, 5.41) is 16.5. The fraction of sp³-hybridized carbons (Fsp3) is 0.429. The number of nitrogens with one attached hydrogen (secondary N) is 1. The van der Waals surface area contributed by atoms with E-state index in [0.717, 1.165) is 59.0 Å². The summed E-state index contributed by atoms with van der Waals surface area (Å²) in [6.07, 6.45) is 4.53. The second-order valence-electron chi connectivity index (χ2n) is 7.72. The molecule has 1 aliphatic rings. The summed E-state index contributed by atoms with van der Waals surface area (Å²) in [5.41, 5.74) is 6.61. The van der Waals surface area contributed by atoms with Gasteiger partial charge in [0.05, 0.1) is 36.0 Å². The molecule has 1 fully saturated rings. The van der Waals surface area contributed by atoms with Crippen LogP contribution in [-0.4, -0.2) is 60.5 Å². The van der Waals surface area contributed by atoms with Gasteiger partial charge in [0.1, 0.15) is 16.7 Å². The number of fused-ring (bicyclic) bond motifs is 1. The van der Waals surface area contributed by atoms with Gasteiger partial charge in [0.15, 0.2) is 0 Å². The molecule has 0 amide bonds. The van der Waals surface area contributed by atoms with E-state index in [2.05, 4.69) is 44.8 Å². The minimum Gasteiger partial charge on any atom is -0.377 e. The Bertz CT molecular complexity index is 1160. The molecule has 0 bridgehead atoms. The number of anilines is 1. The molecule has 9 nitrogen and oxygen atoms in total. The van der Waals surface area contributed by atoms with E-state index in [9.17, 15) is 0 Å². The van der Waals surface area contributed by atoms with E-state index in [0.29, 0.717) is 13.2 Å². The van der Waals surface area contributed by atoms with Crippen molar-refractivity contribution in [1.29, 1.82) is 0 Å². The first-order chi connectivity index (χ1) is 14.7. The predicted octanol–water partition coefficient (Wildman–Crippen LogP) is 2.86. The van der Waals surface area contributed by atoms with E-state index < -0.39 is 0 Å². The Labute approximate surface area is 174 Å². The smallest absolute Gasteiger partial charge is 0.136 e. The van der Waals surface area contributed by atoms with Gasteiger partial charge in [0.2, 0.25) is 0 Å². The fourth-order valence-corrected chi connectivity index (χ4v) is 4.17. The maximum atomic E-state index is 5.70. The highest BCUT2D eigenvalue weighted by molar-refractivity contribution is 5.99. The molecule has 5 rings (SSSR count). The van der Waals surface area contributed by atoms with Gasteiger partial charge in [-0.05, 0) is 31.5 Å². The SMILES string of the molecule is CCCn1nc(-c2ccn[nH]2)c2nc(-c3ccnn3C)cc(N3CCOCC3C)c21. The van der Waals surface area contributed by atoms with Crippen molar-refractivity contribution in [3.63, 3.8) is 0 Å². The zero-order valence-electron chi connectivity index (χ0n) is 17.5. The highest BCUT2D eigenvalue weighted by Gasteiger charge is 2.27. The maximum absolute atomic E-state index is 5.70. The number of morpholine rings is 1. The summed E-state index contributed by atoms with van der Waals surface area (Å²) in [5.74, 6) is 0. The average Bonchev–Trinajstić information content (AvgIpc) is 3.48. The van der Waals surface area contributed by atoms with Crippen molar-refractivity contribution in [1.82, 2.24) is 34.7 Å². The molecule has 9 heteroatoms. The van der Waals surface area contributed by atoms with Gasteiger partial charge in [0, 0.05) is 38.6 Å². The Morgan fingerprint density at radius 2 is 2.17 bits per heavy atom. The van der Waals surface area contributed by atoms with Crippen LogP contribution in [0, 0.1) is 0 Å². The van der Waals surface area contributed by atoms with Crippen molar-refractivity contribution in [2.45, 2.75) is 32.9 Å². The number of aromatic nitrogens is 7. The number of hydrogen-bond acceptors (Lipinski definition) is 6. The van der Waals surface area contributed by atoms with Gasteiger partial charge in [-0.3, -0.25) is 14.5 Å². The van der Waals surface area contributed by atoms with E-state index in [4.69, 9.17) is 14.8 Å². The van der Waals surface area contributed by atoms with Crippen LogP contribution in [0.25, 0.3) is 33.8 Å². The molecule has 4 aromatic rings. The van der Waals surface area contributed by atoms with Gasteiger partial charge >= 0.3 is 0 Å². The van der Waals surface area contributed by atoms with Crippen LogP contribution >= 0.6 is 0 Å². The Morgan fingerprint density at radius 3 is 2.87 bits per heavy atom. The third kappa shape index (κ3) is 3.06. The molecule has 1 aliphatic heterocycles. The van der Waals surface area contributed by atoms with Crippen LogP contribution in [0.4, 0.5) is 5.69 Å². The van der Waals surface area contributed by atoms with Gasteiger partial charge in [-0.1, -0.05) is 6.92 Å². The lowest BCUT2D eigenvalue weighted by Gasteiger charge is -2.35. The fourth-order valence-electron chi connectivity index (χ4n) is 4.17. The van der Waals surface area contributed by atoms with Gasteiger partial charge < -0.3 is 9.64 Å². The highest BCUT2D eigenvalue weighted by Crippen LogP contribution is 2.36. The van der Waals surface area contributed by atoms with Crippen molar-refractivity contribution in [2.75, 3.05) is 24.7 Å². The zero-order chi connectivity index (χ0) is 20.7. The number of aromatic amines is 1. The van der Waals surface area contributed by atoms with Crippen LogP contribution in [-0.2, 0) is 18.3 Å². The number of H-pyrrole nitrogens is 1. The van der Waals surface area contributed by atoms with Gasteiger partial charge in [-0.15, -0.1) is 0 Å². The Hall–Kier alpha value is -3.20. The van der Waals surface area contributed by atoms with Crippen LogP contribution in [0.1, 0.15) is 20.3 Å². The molecule has 0 aliphatic carbocycles. The van der Waals surface area contributed by atoms with E-state index >= 15 is 0 Å². The summed E-state index contributed by atoms with van der Waals surface area (Å²) in [6.45, 7) is 7.44. The first-order valence-electron chi connectivity index (χ1n) is 10.4. The quantitative estimate of drug-likeness (QED) is 0.548. The molecule has 0 radical (unpaired) electrons. The summed E-state index contributed by atoms with van der Waals surface area (Å²) in [4.78, 5) is 7.48. The number of ether oxygens (including phenoxy) is 1. The number of rotatable bonds is 5. The molecule has 156 valence electrons. The van der Waals surface area contributed by atoms with Crippen molar-refractivity contribution < 1.29 is 4.74 Å². The Kier molecular flexibility index (Phi) is 4.74. The molecule has 0 aromatic carbocycles. The first kappa shape index (κ1) is 18.8. The van der Waals surface area contributed by atoms with Crippen LogP contribution in [0.15, 0.2) is 30.6 Å². The summed E-state index contributed by atoms with van der Waals surface area (Å²) >= 11 is 0. The monoisotopic (exact) mass is 406 g/mol. The molecule has 1 unspecified atom stereocenters. The number of nitrogens with zero attached hydrogens (tertiary/aromatic N) is 7. The van der Waals surface area contributed by atoms with Crippen LogP contribution in [0.5, 0.6) is 0 Å². The molecular formula is C21H26N8O. The average molecular weight is 406 g/mol. The zero-order valence-corrected chi connectivity index (χ0v) is 17.5. The molecule has 1 N–H and O–H groups in total.